The number of nitro groups is 1. The minimum absolute atomic E-state index is 0.00514. The largest absolute Gasteiger partial charge is 0.496 e. The zero-order valence-electron chi connectivity index (χ0n) is 17.4. The van der Waals surface area contributed by atoms with Gasteiger partial charge in [0.05, 0.1) is 23.6 Å². The van der Waals surface area contributed by atoms with E-state index in [9.17, 15) is 14.9 Å². The molecule has 1 N–H and O–H groups in total. The maximum absolute atomic E-state index is 12.6. The lowest BCUT2D eigenvalue weighted by molar-refractivity contribution is -0.384. The summed E-state index contributed by atoms with van der Waals surface area (Å²) in [6.45, 7) is 0.432. The summed E-state index contributed by atoms with van der Waals surface area (Å²) in [6, 6.07) is 21.7. The molecule has 0 aliphatic heterocycles. The topological polar surface area (TPSA) is 95.6 Å². The Morgan fingerprint density at radius 3 is 2.62 bits per heavy atom. The number of rotatable bonds is 8. The van der Waals surface area contributed by atoms with Crippen LogP contribution >= 0.6 is 0 Å². The lowest BCUT2D eigenvalue weighted by Crippen LogP contribution is -2.19. The molecule has 0 bridgehead atoms. The first-order valence-electron chi connectivity index (χ1n) is 9.92. The summed E-state index contributed by atoms with van der Waals surface area (Å²) in [5, 5.41) is 14.8. The number of hydrogen-bond acceptors (Lipinski definition) is 5. The summed E-state index contributed by atoms with van der Waals surface area (Å²) in [4.78, 5) is 23.4. The molecule has 8 nitrogen and oxygen atoms in total. The Labute approximate surface area is 184 Å². The molecule has 4 rings (SSSR count). The number of fused-ring (bicyclic) bond motifs is 1. The van der Waals surface area contributed by atoms with Crippen LogP contribution in [-0.4, -0.2) is 22.5 Å². The van der Waals surface area contributed by atoms with E-state index in [2.05, 4.69) is 5.32 Å². The zero-order chi connectivity index (χ0) is 22.5. The van der Waals surface area contributed by atoms with E-state index in [0.717, 1.165) is 22.2 Å². The highest BCUT2D eigenvalue weighted by atomic mass is 16.6. The Balaban J connectivity index is 1.50. The Kier molecular flexibility index (Phi) is 6.03. The fourth-order valence-corrected chi connectivity index (χ4v) is 3.43. The predicted octanol–water partition coefficient (Wildman–Crippen LogP) is 4.78. The van der Waals surface area contributed by atoms with Gasteiger partial charge in [-0.25, -0.2) is 0 Å². The second-order valence-electron chi connectivity index (χ2n) is 7.10. The Morgan fingerprint density at radius 2 is 1.88 bits per heavy atom. The molecule has 0 saturated heterocycles. The number of anilines is 1. The summed E-state index contributed by atoms with van der Waals surface area (Å²) in [5.74, 6) is 0.678. The van der Waals surface area contributed by atoms with Crippen LogP contribution in [-0.2, 0) is 17.9 Å². The molecule has 0 saturated carbocycles. The van der Waals surface area contributed by atoms with Gasteiger partial charge in [-0.1, -0.05) is 36.4 Å². The molecule has 1 amide bonds. The van der Waals surface area contributed by atoms with E-state index in [4.69, 9.17) is 9.47 Å². The van der Waals surface area contributed by atoms with Crippen molar-refractivity contribution in [1.82, 2.24) is 4.57 Å². The van der Waals surface area contributed by atoms with Gasteiger partial charge in [0.2, 0.25) is 5.91 Å². The summed E-state index contributed by atoms with van der Waals surface area (Å²) in [6.07, 6.45) is 1.79. The quantitative estimate of drug-likeness (QED) is 0.320. The van der Waals surface area contributed by atoms with Crippen LogP contribution in [0.5, 0.6) is 11.5 Å². The molecular formula is C24H21N3O5. The summed E-state index contributed by atoms with van der Waals surface area (Å²) in [7, 11) is 1.42. The van der Waals surface area contributed by atoms with E-state index in [-0.39, 0.29) is 23.8 Å². The van der Waals surface area contributed by atoms with Gasteiger partial charge in [0.25, 0.3) is 5.69 Å². The third kappa shape index (κ3) is 4.54. The van der Waals surface area contributed by atoms with Crippen molar-refractivity contribution in [2.75, 3.05) is 12.4 Å². The van der Waals surface area contributed by atoms with Gasteiger partial charge in [0, 0.05) is 11.6 Å². The van der Waals surface area contributed by atoms with E-state index in [1.807, 2.05) is 54.6 Å². The van der Waals surface area contributed by atoms with Crippen molar-refractivity contribution in [2.24, 2.45) is 0 Å². The summed E-state index contributed by atoms with van der Waals surface area (Å²) >= 11 is 0. The van der Waals surface area contributed by atoms with E-state index in [0.29, 0.717) is 12.4 Å². The minimum atomic E-state index is -0.556. The highest BCUT2D eigenvalue weighted by molar-refractivity contribution is 5.95. The van der Waals surface area contributed by atoms with E-state index in [1.165, 1.54) is 19.2 Å². The number of methoxy groups -OCH3 is 1. The molecule has 1 aromatic heterocycles. The maximum atomic E-state index is 12.6. The molecule has 3 aromatic carbocycles. The number of benzene rings is 3. The molecule has 0 spiro atoms. The van der Waals surface area contributed by atoms with E-state index in [1.54, 1.807) is 16.8 Å². The molecule has 4 aromatic rings. The van der Waals surface area contributed by atoms with Gasteiger partial charge in [0.15, 0.2) is 0 Å². The van der Waals surface area contributed by atoms with Crippen molar-refractivity contribution in [1.29, 1.82) is 0 Å². The van der Waals surface area contributed by atoms with Gasteiger partial charge in [-0.3, -0.25) is 14.9 Å². The number of amides is 1. The summed E-state index contributed by atoms with van der Waals surface area (Å²) < 4.78 is 12.8. The van der Waals surface area contributed by atoms with E-state index >= 15 is 0 Å². The van der Waals surface area contributed by atoms with E-state index < -0.39 is 4.92 Å². The van der Waals surface area contributed by atoms with Crippen molar-refractivity contribution in [3.63, 3.8) is 0 Å². The zero-order valence-corrected chi connectivity index (χ0v) is 17.4. The molecule has 162 valence electrons. The van der Waals surface area contributed by atoms with Gasteiger partial charge in [-0.15, -0.1) is 0 Å². The van der Waals surface area contributed by atoms with Gasteiger partial charge < -0.3 is 19.4 Å². The standard InChI is InChI=1S/C24H21N3O5/c1-31-18-10-11-20(22(14-18)27(29)30)25-24(28)15-26-13-12-19-21(26)8-5-9-23(19)32-16-17-6-3-2-4-7-17/h2-14H,15-16H2,1H3,(H,25,28). The third-order valence-electron chi connectivity index (χ3n) is 5.00. The average molecular weight is 431 g/mol. The van der Waals surface area contributed by atoms with Crippen LogP contribution in [0.25, 0.3) is 10.9 Å². The summed E-state index contributed by atoms with van der Waals surface area (Å²) in [5.41, 5.74) is 1.77. The van der Waals surface area contributed by atoms with Crippen molar-refractivity contribution >= 4 is 28.2 Å². The Morgan fingerprint density at radius 1 is 1.06 bits per heavy atom. The second kappa shape index (κ2) is 9.22. The van der Waals surface area contributed by atoms with Gasteiger partial charge in [-0.2, -0.15) is 0 Å². The van der Waals surface area contributed by atoms with Gasteiger partial charge in [-0.05, 0) is 35.9 Å². The first-order chi connectivity index (χ1) is 15.5. The first-order valence-corrected chi connectivity index (χ1v) is 9.92. The number of nitrogens with one attached hydrogen (secondary N) is 1. The fraction of sp³-hybridized carbons (Fsp3) is 0.125. The number of carbonyl (C=O) groups excluding carboxylic acids is 1. The highest BCUT2D eigenvalue weighted by Crippen LogP contribution is 2.30. The number of hydrogen-bond donors (Lipinski definition) is 1. The molecule has 0 aliphatic carbocycles. The number of nitrogens with zero attached hydrogens (tertiary/aromatic N) is 2. The van der Waals surface area contributed by atoms with Crippen LogP contribution in [0.3, 0.4) is 0 Å². The van der Waals surface area contributed by atoms with Gasteiger partial charge in [0.1, 0.15) is 30.3 Å². The van der Waals surface area contributed by atoms with Crippen molar-refractivity contribution < 1.29 is 19.2 Å². The average Bonchev–Trinajstić information content (AvgIpc) is 3.21. The smallest absolute Gasteiger partial charge is 0.296 e. The molecule has 0 radical (unpaired) electrons. The monoisotopic (exact) mass is 431 g/mol. The van der Waals surface area contributed by atoms with Crippen molar-refractivity contribution in [3.8, 4) is 11.5 Å². The lowest BCUT2D eigenvalue weighted by Gasteiger charge is -2.10. The third-order valence-corrected chi connectivity index (χ3v) is 5.00. The van der Waals surface area contributed by atoms with Crippen LogP contribution in [0.4, 0.5) is 11.4 Å². The van der Waals surface area contributed by atoms with Crippen LogP contribution in [0.15, 0.2) is 79.0 Å². The molecular weight excluding hydrogens is 410 g/mol. The van der Waals surface area contributed by atoms with Gasteiger partial charge >= 0.3 is 0 Å². The number of aromatic nitrogens is 1. The van der Waals surface area contributed by atoms with Crippen molar-refractivity contribution in [2.45, 2.75) is 13.2 Å². The maximum Gasteiger partial charge on any atom is 0.296 e. The Bertz CT molecular complexity index is 1270. The van der Waals surface area contributed by atoms with Crippen LogP contribution in [0.2, 0.25) is 0 Å². The lowest BCUT2D eigenvalue weighted by atomic mass is 10.2. The molecule has 1 heterocycles. The normalized spacial score (nSPS) is 10.7. The van der Waals surface area contributed by atoms with Crippen LogP contribution in [0, 0.1) is 10.1 Å². The number of carbonyl (C=O) groups is 1. The molecule has 0 fully saturated rings. The fourth-order valence-electron chi connectivity index (χ4n) is 3.43. The molecule has 0 unspecified atom stereocenters. The minimum Gasteiger partial charge on any atom is -0.496 e. The number of ether oxygens (including phenoxy) is 2. The SMILES string of the molecule is COc1ccc(NC(=O)Cn2ccc3c(OCc4ccccc4)cccc32)c([N+](=O)[O-])c1. The second-order valence-corrected chi connectivity index (χ2v) is 7.10. The number of nitro benzene ring substituents is 1. The van der Waals surface area contributed by atoms with Crippen molar-refractivity contribution in [3.05, 3.63) is 94.7 Å². The molecule has 32 heavy (non-hydrogen) atoms. The van der Waals surface area contributed by atoms with Crippen LogP contribution in [0.1, 0.15) is 5.56 Å². The molecule has 0 atom stereocenters. The molecule has 0 aliphatic rings. The van der Waals surface area contributed by atoms with Crippen LogP contribution < -0.4 is 14.8 Å². The Hall–Kier alpha value is -4.33. The highest BCUT2D eigenvalue weighted by Gasteiger charge is 2.18. The molecule has 8 heteroatoms. The predicted molar refractivity (Wildman–Crippen MR) is 121 cm³/mol. The first kappa shape index (κ1) is 20.9.